The Morgan fingerprint density at radius 1 is 1.41 bits per heavy atom. The first-order valence-corrected chi connectivity index (χ1v) is 6.38. The first-order valence-electron chi connectivity index (χ1n) is 6.38. The van der Waals surface area contributed by atoms with Crippen LogP contribution < -0.4 is 5.32 Å². The molecule has 0 aromatic carbocycles. The molecule has 0 aliphatic rings. The summed E-state index contributed by atoms with van der Waals surface area (Å²) in [6, 6.07) is -0.606. The largest absolute Gasteiger partial charge is 0.480 e. The van der Waals surface area contributed by atoms with Gasteiger partial charge in [-0.25, -0.2) is 0 Å². The lowest BCUT2D eigenvalue weighted by atomic mass is 9.86. The van der Waals surface area contributed by atoms with Crippen molar-refractivity contribution in [2.24, 2.45) is 5.41 Å². The summed E-state index contributed by atoms with van der Waals surface area (Å²) in [7, 11) is 1.52. The van der Waals surface area contributed by atoms with Crippen molar-refractivity contribution in [1.82, 2.24) is 5.32 Å². The number of nitrogens with one attached hydrogen (secondary N) is 1. The molecular formula is C13H27NO3. The molecule has 0 saturated heterocycles. The van der Waals surface area contributed by atoms with Crippen LogP contribution in [0.3, 0.4) is 0 Å². The fourth-order valence-electron chi connectivity index (χ4n) is 1.73. The number of methoxy groups -OCH3 is 1. The van der Waals surface area contributed by atoms with Gasteiger partial charge >= 0.3 is 5.97 Å². The molecule has 0 aliphatic heterocycles. The SMILES string of the molecule is CCCCCC(C)(C)CNC(COC)C(=O)O. The minimum atomic E-state index is -0.851. The summed E-state index contributed by atoms with van der Waals surface area (Å²) in [5.74, 6) is -0.851. The average Bonchev–Trinajstić information content (AvgIpc) is 2.24. The van der Waals surface area contributed by atoms with Crippen LogP contribution in [0, 0.1) is 5.41 Å². The van der Waals surface area contributed by atoms with Crippen LogP contribution in [-0.2, 0) is 9.53 Å². The lowest BCUT2D eigenvalue weighted by Gasteiger charge is -2.27. The van der Waals surface area contributed by atoms with Gasteiger partial charge in [0.15, 0.2) is 0 Å². The van der Waals surface area contributed by atoms with Gasteiger partial charge in [0.2, 0.25) is 0 Å². The molecule has 0 spiro atoms. The van der Waals surface area contributed by atoms with E-state index in [0.717, 1.165) is 6.42 Å². The molecule has 0 amide bonds. The number of unbranched alkanes of at least 4 members (excludes halogenated alkanes) is 2. The predicted octanol–water partition coefficient (Wildman–Crippen LogP) is 2.28. The number of carboxylic acids is 1. The van der Waals surface area contributed by atoms with Crippen LogP contribution in [0.2, 0.25) is 0 Å². The van der Waals surface area contributed by atoms with Crippen molar-refractivity contribution < 1.29 is 14.6 Å². The molecule has 0 fully saturated rings. The molecule has 0 aromatic heterocycles. The van der Waals surface area contributed by atoms with Crippen molar-refractivity contribution in [3.63, 3.8) is 0 Å². The van der Waals surface area contributed by atoms with Gasteiger partial charge in [0.05, 0.1) is 6.61 Å². The van der Waals surface area contributed by atoms with Gasteiger partial charge < -0.3 is 15.2 Å². The summed E-state index contributed by atoms with van der Waals surface area (Å²) in [4.78, 5) is 10.9. The van der Waals surface area contributed by atoms with E-state index in [1.165, 1.54) is 26.4 Å². The van der Waals surface area contributed by atoms with Crippen LogP contribution in [0.15, 0.2) is 0 Å². The number of ether oxygens (including phenoxy) is 1. The number of hydrogen-bond acceptors (Lipinski definition) is 3. The van der Waals surface area contributed by atoms with Crippen molar-refractivity contribution in [1.29, 1.82) is 0 Å². The minimum absolute atomic E-state index is 0.136. The van der Waals surface area contributed by atoms with Crippen LogP contribution in [0.25, 0.3) is 0 Å². The molecule has 102 valence electrons. The highest BCUT2D eigenvalue weighted by Crippen LogP contribution is 2.22. The van der Waals surface area contributed by atoms with Crippen molar-refractivity contribution in [3.05, 3.63) is 0 Å². The second kappa shape index (κ2) is 8.48. The van der Waals surface area contributed by atoms with Crippen LogP contribution in [0.1, 0.15) is 46.5 Å². The zero-order valence-corrected chi connectivity index (χ0v) is 11.6. The summed E-state index contributed by atoms with van der Waals surface area (Å²) >= 11 is 0. The predicted molar refractivity (Wildman–Crippen MR) is 69.2 cm³/mol. The number of carbonyl (C=O) groups is 1. The summed E-state index contributed by atoms with van der Waals surface area (Å²) in [5, 5.41) is 12.0. The second-order valence-electron chi connectivity index (χ2n) is 5.35. The normalized spacial score (nSPS) is 13.6. The maximum atomic E-state index is 10.9. The van der Waals surface area contributed by atoms with E-state index in [-0.39, 0.29) is 12.0 Å². The van der Waals surface area contributed by atoms with Gasteiger partial charge in [-0.2, -0.15) is 0 Å². The molecule has 0 aromatic rings. The van der Waals surface area contributed by atoms with Crippen molar-refractivity contribution in [2.45, 2.75) is 52.5 Å². The van der Waals surface area contributed by atoms with Crippen LogP contribution in [0.5, 0.6) is 0 Å². The molecule has 1 atom stereocenters. The van der Waals surface area contributed by atoms with Gasteiger partial charge in [0.1, 0.15) is 6.04 Å². The zero-order chi connectivity index (χ0) is 13.3. The molecule has 2 N–H and O–H groups in total. The summed E-state index contributed by atoms with van der Waals surface area (Å²) in [5.41, 5.74) is 0.136. The van der Waals surface area contributed by atoms with Gasteiger partial charge in [0, 0.05) is 13.7 Å². The van der Waals surface area contributed by atoms with E-state index >= 15 is 0 Å². The highest BCUT2D eigenvalue weighted by molar-refractivity contribution is 5.73. The Kier molecular flexibility index (Phi) is 8.17. The lowest BCUT2D eigenvalue weighted by molar-refractivity contribution is -0.141. The zero-order valence-electron chi connectivity index (χ0n) is 11.6. The van der Waals surface area contributed by atoms with E-state index in [4.69, 9.17) is 9.84 Å². The Labute approximate surface area is 105 Å². The quantitative estimate of drug-likeness (QED) is 0.580. The molecule has 0 saturated carbocycles. The van der Waals surface area contributed by atoms with Crippen molar-refractivity contribution in [2.75, 3.05) is 20.3 Å². The van der Waals surface area contributed by atoms with Gasteiger partial charge in [-0.15, -0.1) is 0 Å². The number of rotatable bonds is 10. The standard InChI is InChI=1S/C13H27NO3/c1-5-6-7-8-13(2,3)10-14-11(9-17-4)12(15)16/h11,14H,5-10H2,1-4H3,(H,15,16). The second-order valence-corrected chi connectivity index (χ2v) is 5.35. The van der Waals surface area contributed by atoms with E-state index in [2.05, 4.69) is 26.1 Å². The fourth-order valence-corrected chi connectivity index (χ4v) is 1.73. The average molecular weight is 245 g/mol. The van der Waals surface area contributed by atoms with E-state index < -0.39 is 12.0 Å². The first kappa shape index (κ1) is 16.4. The Bertz CT molecular complexity index is 217. The maximum Gasteiger partial charge on any atom is 0.323 e. The van der Waals surface area contributed by atoms with Gasteiger partial charge in [-0.3, -0.25) is 4.79 Å². The Hall–Kier alpha value is -0.610. The number of aliphatic carboxylic acids is 1. The van der Waals surface area contributed by atoms with Crippen LogP contribution in [0.4, 0.5) is 0 Å². The van der Waals surface area contributed by atoms with Gasteiger partial charge in [0.25, 0.3) is 0 Å². The third kappa shape index (κ3) is 8.16. The van der Waals surface area contributed by atoms with Crippen LogP contribution >= 0.6 is 0 Å². The van der Waals surface area contributed by atoms with E-state index in [1.54, 1.807) is 0 Å². The molecule has 0 heterocycles. The molecular weight excluding hydrogens is 218 g/mol. The third-order valence-electron chi connectivity index (χ3n) is 2.92. The summed E-state index contributed by atoms with van der Waals surface area (Å²) in [6.07, 6.45) is 4.77. The van der Waals surface area contributed by atoms with E-state index in [9.17, 15) is 4.79 Å². The highest BCUT2D eigenvalue weighted by atomic mass is 16.5. The minimum Gasteiger partial charge on any atom is -0.480 e. The summed E-state index contributed by atoms with van der Waals surface area (Å²) in [6.45, 7) is 7.43. The molecule has 4 heteroatoms. The molecule has 0 bridgehead atoms. The van der Waals surface area contributed by atoms with Gasteiger partial charge in [-0.1, -0.05) is 40.0 Å². The molecule has 17 heavy (non-hydrogen) atoms. The van der Waals surface area contributed by atoms with Gasteiger partial charge in [-0.05, 0) is 11.8 Å². The molecule has 1 unspecified atom stereocenters. The molecule has 0 rings (SSSR count). The maximum absolute atomic E-state index is 10.9. The fraction of sp³-hybridized carbons (Fsp3) is 0.923. The number of hydrogen-bond donors (Lipinski definition) is 2. The molecule has 0 aliphatic carbocycles. The first-order chi connectivity index (χ1) is 7.93. The number of carboxylic acid groups (broad SMARTS) is 1. The monoisotopic (exact) mass is 245 g/mol. The smallest absolute Gasteiger partial charge is 0.323 e. The van der Waals surface area contributed by atoms with Crippen molar-refractivity contribution >= 4 is 5.97 Å². The third-order valence-corrected chi connectivity index (χ3v) is 2.92. The Morgan fingerprint density at radius 2 is 2.06 bits per heavy atom. The molecule has 0 radical (unpaired) electrons. The lowest BCUT2D eigenvalue weighted by Crippen LogP contribution is -2.44. The topological polar surface area (TPSA) is 58.6 Å². The summed E-state index contributed by atoms with van der Waals surface area (Å²) < 4.78 is 4.89. The molecule has 4 nitrogen and oxygen atoms in total. The van der Waals surface area contributed by atoms with E-state index in [0.29, 0.717) is 6.54 Å². The Balaban J connectivity index is 3.99. The highest BCUT2D eigenvalue weighted by Gasteiger charge is 2.22. The Morgan fingerprint density at radius 3 is 2.53 bits per heavy atom. The van der Waals surface area contributed by atoms with E-state index in [1.807, 2.05) is 0 Å². The van der Waals surface area contributed by atoms with Crippen LogP contribution in [-0.4, -0.2) is 37.4 Å². The van der Waals surface area contributed by atoms with Crippen molar-refractivity contribution in [3.8, 4) is 0 Å².